The lowest BCUT2D eigenvalue weighted by Crippen LogP contribution is -2.33. The second kappa shape index (κ2) is 6.45. The van der Waals surface area contributed by atoms with E-state index in [1.807, 2.05) is 0 Å². The molecular weight excluding hydrogens is 230 g/mol. The largest absolute Gasteiger partial charge is 0.313 e. The molecule has 1 unspecified atom stereocenters. The molecule has 2 rings (SSSR count). The minimum Gasteiger partial charge on any atom is -0.313 e. The molecule has 1 aliphatic rings. The molecule has 3 nitrogen and oxygen atoms in total. The SMILES string of the molecule is CCCNC(Cc1nc(CCC)ns1)C1CC1. The summed E-state index contributed by atoms with van der Waals surface area (Å²) in [6.45, 7) is 5.53. The first-order valence-corrected chi connectivity index (χ1v) is 7.65. The first kappa shape index (κ1) is 13.0. The molecule has 0 bridgehead atoms. The van der Waals surface area contributed by atoms with Crippen LogP contribution in [-0.2, 0) is 12.8 Å². The lowest BCUT2D eigenvalue weighted by molar-refractivity contribution is 0.459. The Morgan fingerprint density at radius 2 is 2.18 bits per heavy atom. The molecule has 0 saturated heterocycles. The van der Waals surface area contributed by atoms with Crippen LogP contribution in [0.1, 0.15) is 50.4 Å². The first-order valence-electron chi connectivity index (χ1n) is 6.88. The average Bonchev–Trinajstić information content (AvgIpc) is 3.08. The fourth-order valence-electron chi connectivity index (χ4n) is 2.12. The highest BCUT2D eigenvalue weighted by atomic mass is 32.1. The van der Waals surface area contributed by atoms with Crippen molar-refractivity contribution in [3.63, 3.8) is 0 Å². The Labute approximate surface area is 108 Å². The van der Waals surface area contributed by atoms with E-state index in [1.165, 1.54) is 24.3 Å². The van der Waals surface area contributed by atoms with Crippen LogP contribution < -0.4 is 5.32 Å². The van der Waals surface area contributed by atoms with Crippen LogP contribution >= 0.6 is 11.5 Å². The molecule has 0 spiro atoms. The second-order valence-electron chi connectivity index (χ2n) is 4.96. The van der Waals surface area contributed by atoms with E-state index >= 15 is 0 Å². The van der Waals surface area contributed by atoms with Crippen molar-refractivity contribution in [3.8, 4) is 0 Å². The highest BCUT2D eigenvalue weighted by molar-refractivity contribution is 7.05. The van der Waals surface area contributed by atoms with Crippen LogP contribution in [0.4, 0.5) is 0 Å². The molecule has 1 aliphatic carbocycles. The first-order chi connectivity index (χ1) is 8.33. The monoisotopic (exact) mass is 253 g/mol. The van der Waals surface area contributed by atoms with E-state index < -0.39 is 0 Å². The van der Waals surface area contributed by atoms with Crippen molar-refractivity contribution in [3.05, 3.63) is 10.8 Å². The summed E-state index contributed by atoms with van der Waals surface area (Å²) in [5.41, 5.74) is 0. The maximum absolute atomic E-state index is 4.63. The van der Waals surface area contributed by atoms with Gasteiger partial charge in [0.15, 0.2) is 0 Å². The fraction of sp³-hybridized carbons (Fsp3) is 0.846. The van der Waals surface area contributed by atoms with Crippen LogP contribution in [0.2, 0.25) is 0 Å². The Morgan fingerprint density at radius 3 is 2.82 bits per heavy atom. The molecule has 1 aromatic rings. The predicted molar refractivity (Wildman–Crippen MR) is 72.4 cm³/mol. The molecule has 17 heavy (non-hydrogen) atoms. The quantitative estimate of drug-likeness (QED) is 0.774. The summed E-state index contributed by atoms with van der Waals surface area (Å²) >= 11 is 1.60. The topological polar surface area (TPSA) is 37.8 Å². The van der Waals surface area contributed by atoms with E-state index in [4.69, 9.17) is 0 Å². The number of aryl methyl sites for hydroxylation is 1. The van der Waals surface area contributed by atoms with Crippen LogP contribution in [0.25, 0.3) is 0 Å². The van der Waals surface area contributed by atoms with Gasteiger partial charge in [0, 0.05) is 18.9 Å². The van der Waals surface area contributed by atoms with Gasteiger partial charge in [-0.15, -0.1) is 0 Å². The van der Waals surface area contributed by atoms with Crippen LogP contribution in [0.3, 0.4) is 0 Å². The summed E-state index contributed by atoms with van der Waals surface area (Å²) in [5, 5.41) is 4.88. The molecule has 0 aliphatic heterocycles. The molecule has 0 radical (unpaired) electrons. The van der Waals surface area contributed by atoms with Gasteiger partial charge >= 0.3 is 0 Å². The normalized spacial score (nSPS) is 17.3. The summed E-state index contributed by atoms with van der Waals surface area (Å²) in [7, 11) is 0. The maximum atomic E-state index is 4.63. The summed E-state index contributed by atoms with van der Waals surface area (Å²) in [5.74, 6) is 1.93. The van der Waals surface area contributed by atoms with E-state index in [9.17, 15) is 0 Å². The molecule has 1 N–H and O–H groups in total. The Kier molecular flexibility index (Phi) is 4.92. The van der Waals surface area contributed by atoms with Crippen LogP contribution in [0.5, 0.6) is 0 Å². The minimum atomic E-state index is 0.636. The number of nitrogens with zero attached hydrogens (tertiary/aromatic N) is 2. The number of nitrogens with one attached hydrogen (secondary N) is 1. The van der Waals surface area contributed by atoms with Gasteiger partial charge in [-0.05, 0) is 49.7 Å². The van der Waals surface area contributed by atoms with Gasteiger partial charge in [-0.1, -0.05) is 13.8 Å². The molecular formula is C13H23N3S. The molecule has 4 heteroatoms. The highest BCUT2D eigenvalue weighted by Crippen LogP contribution is 2.34. The molecule has 1 atom stereocenters. The molecule has 0 aromatic carbocycles. The second-order valence-corrected chi connectivity index (χ2v) is 5.79. The molecule has 1 fully saturated rings. The summed E-state index contributed by atoms with van der Waals surface area (Å²) in [6, 6.07) is 0.636. The lowest BCUT2D eigenvalue weighted by Gasteiger charge is -2.15. The van der Waals surface area contributed by atoms with Crippen molar-refractivity contribution in [2.45, 2.75) is 58.4 Å². The summed E-state index contributed by atoms with van der Waals surface area (Å²) in [4.78, 5) is 4.63. The van der Waals surface area contributed by atoms with Gasteiger partial charge < -0.3 is 5.32 Å². The van der Waals surface area contributed by atoms with Crippen molar-refractivity contribution >= 4 is 11.5 Å². The van der Waals surface area contributed by atoms with Crippen molar-refractivity contribution in [2.75, 3.05) is 6.54 Å². The van der Waals surface area contributed by atoms with Crippen molar-refractivity contribution in [2.24, 2.45) is 5.92 Å². The standard InChI is InChI=1S/C13H23N3S/c1-3-5-12-15-13(17-16-12)9-11(10-6-7-10)14-8-4-2/h10-11,14H,3-9H2,1-2H3. The van der Waals surface area contributed by atoms with Crippen LogP contribution in [-0.4, -0.2) is 21.9 Å². The van der Waals surface area contributed by atoms with E-state index in [0.717, 1.165) is 37.5 Å². The van der Waals surface area contributed by atoms with Gasteiger partial charge in [-0.25, -0.2) is 4.98 Å². The molecule has 1 saturated carbocycles. The van der Waals surface area contributed by atoms with Gasteiger partial charge in [0.05, 0.1) is 0 Å². The van der Waals surface area contributed by atoms with Crippen LogP contribution in [0, 0.1) is 5.92 Å². The third-order valence-electron chi connectivity index (χ3n) is 3.23. The molecule has 1 heterocycles. The van der Waals surface area contributed by atoms with Gasteiger partial charge in [-0.2, -0.15) is 4.37 Å². The minimum absolute atomic E-state index is 0.636. The Hall–Kier alpha value is -0.480. The summed E-state index contributed by atoms with van der Waals surface area (Å²) < 4.78 is 4.42. The third-order valence-corrected chi connectivity index (χ3v) is 4.00. The maximum Gasteiger partial charge on any atom is 0.142 e. The Balaban J connectivity index is 1.87. The number of aromatic nitrogens is 2. The van der Waals surface area contributed by atoms with Crippen molar-refractivity contribution < 1.29 is 0 Å². The zero-order valence-corrected chi connectivity index (χ0v) is 11.7. The lowest BCUT2D eigenvalue weighted by atomic mass is 10.1. The zero-order chi connectivity index (χ0) is 12.1. The van der Waals surface area contributed by atoms with Crippen molar-refractivity contribution in [1.29, 1.82) is 0 Å². The zero-order valence-electron chi connectivity index (χ0n) is 10.9. The molecule has 1 aromatic heterocycles. The number of hydrogen-bond acceptors (Lipinski definition) is 4. The van der Waals surface area contributed by atoms with Gasteiger partial charge in [0.1, 0.15) is 10.8 Å². The van der Waals surface area contributed by atoms with E-state index in [0.29, 0.717) is 6.04 Å². The fourth-order valence-corrected chi connectivity index (χ4v) is 2.86. The van der Waals surface area contributed by atoms with E-state index in [2.05, 4.69) is 28.5 Å². The Bertz CT molecular complexity index is 333. The third kappa shape index (κ3) is 4.03. The van der Waals surface area contributed by atoms with Gasteiger partial charge in [0.25, 0.3) is 0 Å². The number of rotatable bonds is 8. The Morgan fingerprint density at radius 1 is 1.35 bits per heavy atom. The predicted octanol–water partition coefficient (Wildman–Crippen LogP) is 2.81. The van der Waals surface area contributed by atoms with E-state index in [1.54, 1.807) is 11.5 Å². The smallest absolute Gasteiger partial charge is 0.142 e. The highest BCUT2D eigenvalue weighted by Gasteiger charge is 2.31. The van der Waals surface area contributed by atoms with Gasteiger partial charge in [-0.3, -0.25) is 0 Å². The average molecular weight is 253 g/mol. The number of hydrogen-bond donors (Lipinski definition) is 1. The van der Waals surface area contributed by atoms with E-state index in [-0.39, 0.29) is 0 Å². The summed E-state index contributed by atoms with van der Waals surface area (Å²) in [6.07, 6.45) is 7.22. The van der Waals surface area contributed by atoms with Crippen LogP contribution in [0.15, 0.2) is 0 Å². The molecule has 96 valence electrons. The molecule has 0 amide bonds. The van der Waals surface area contributed by atoms with Crippen molar-refractivity contribution in [1.82, 2.24) is 14.7 Å². The van der Waals surface area contributed by atoms with Gasteiger partial charge in [0.2, 0.25) is 0 Å².